The number of carbonyl (C=O) groups is 1. The molecule has 1 amide bonds. The van der Waals surface area contributed by atoms with Crippen LogP contribution in [0.5, 0.6) is 0 Å². The van der Waals surface area contributed by atoms with Crippen LogP contribution in [0.25, 0.3) is 11.3 Å². The molecular formula is C24H32ClF3N4O3S. The van der Waals surface area contributed by atoms with E-state index in [0.29, 0.717) is 61.3 Å². The summed E-state index contributed by atoms with van der Waals surface area (Å²) in [6.45, 7) is 5.49. The minimum atomic E-state index is -4.37. The summed E-state index contributed by atoms with van der Waals surface area (Å²) in [5.74, 6) is -0.242. The Morgan fingerprint density at radius 3 is 2.42 bits per heavy atom. The Kier molecular flexibility index (Phi) is 8.65. The van der Waals surface area contributed by atoms with E-state index in [1.54, 1.807) is 29.8 Å². The summed E-state index contributed by atoms with van der Waals surface area (Å²) < 4.78 is 63.8. The highest BCUT2D eigenvalue weighted by molar-refractivity contribution is 7.91. The van der Waals surface area contributed by atoms with E-state index in [9.17, 15) is 26.4 Å². The number of sulfone groups is 1. The summed E-state index contributed by atoms with van der Waals surface area (Å²) in [4.78, 5) is 12.9. The molecule has 1 heterocycles. The van der Waals surface area contributed by atoms with E-state index in [1.165, 1.54) is 6.26 Å². The third kappa shape index (κ3) is 6.53. The van der Waals surface area contributed by atoms with Crippen molar-refractivity contribution in [3.8, 4) is 11.3 Å². The van der Waals surface area contributed by atoms with E-state index in [1.807, 2.05) is 6.92 Å². The lowest BCUT2D eigenvalue weighted by Gasteiger charge is -2.27. The van der Waals surface area contributed by atoms with Gasteiger partial charge in [0.1, 0.15) is 15.9 Å². The first-order chi connectivity index (χ1) is 16.7. The molecule has 0 saturated heterocycles. The van der Waals surface area contributed by atoms with E-state index in [4.69, 9.17) is 11.6 Å². The lowest BCUT2D eigenvalue weighted by atomic mass is 9.89. The number of nitrogens with one attached hydrogen (secondary N) is 2. The molecule has 1 unspecified atom stereocenters. The Morgan fingerprint density at radius 2 is 1.89 bits per heavy atom. The molecule has 3 rings (SSSR count). The number of benzene rings is 1. The van der Waals surface area contributed by atoms with E-state index >= 15 is 0 Å². The van der Waals surface area contributed by atoms with Crippen molar-refractivity contribution in [2.24, 2.45) is 5.92 Å². The minimum Gasteiger partial charge on any atom is -0.374 e. The van der Waals surface area contributed by atoms with Crippen LogP contribution in [0.1, 0.15) is 55.6 Å². The minimum absolute atomic E-state index is 0.0747. The van der Waals surface area contributed by atoms with Gasteiger partial charge in [0.05, 0.1) is 16.0 Å². The van der Waals surface area contributed by atoms with Crippen LogP contribution in [0, 0.1) is 12.8 Å². The number of anilines is 1. The molecule has 1 fully saturated rings. The summed E-state index contributed by atoms with van der Waals surface area (Å²) in [5.41, 5.74) is 2.26. The van der Waals surface area contributed by atoms with E-state index in [-0.39, 0.29) is 21.9 Å². The Bertz CT molecular complexity index is 1210. The van der Waals surface area contributed by atoms with Gasteiger partial charge in [-0.3, -0.25) is 9.48 Å². The molecule has 0 radical (unpaired) electrons. The molecular weight excluding hydrogens is 517 g/mol. The number of alkyl halides is 3. The van der Waals surface area contributed by atoms with Crippen LogP contribution in [0.15, 0.2) is 18.2 Å². The van der Waals surface area contributed by atoms with Crippen LogP contribution >= 0.6 is 11.6 Å². The number of nitrogens with zero attached hydrogens (tertiary/aromatic N) is 2. The van der Waals surface area contributed by atoms with Crippen LogP contribution in [0.4, 0.5) is 18.9 Å². The largest absolute Gasteiger partial charge is 0.408 e. The highest BCUT2D eigenvalue weighted by Gasteiger charge is 2.36. The van der Waals surface area contributed by atoms with Gasteiger partial charge in [-0.2, -0.15) is 18.3 Å². The van der Waals surface area contributed by atoms with Crippen molar-refractivity contribution >= 4 is 33.0 Å². The molecule has 12 heteroatoms. The van der Waals surface area contributed by atoms with Gasteiger partial charge in [-0.15, -0.1) is 0 Å². The second-order valence-corrected chi connectivity index (χ2v) is 12.2. The average Bonchev–Trinajstić information content (AvgIpc) is 3.13. The molecule has 0 aliphatic heterocycles. The number of rotatable bonds is 8. The van der Waals surface area contributed by atoms with Crippen LogP contribution < -0.4 is 10.6 Å². The lowest BCUT2D eigenvalue weighted by Crippen LogP contribution is -2.34. The quantitative estimate of drug-likeness (QED) is 0.471. The zero-order chi connectivity index (χ0) is 26.8. The third-order valence-corrected chi connectivity index (χ3v) is 8.76. The maximum Gasteiger partial charge on any atom is 0.408 e. The number of amides is 1. The van der Waals surface area contributed by atoms with Crippen molar-refractivity contribution in [1.82, 2.24) is 15.1 Å². The third-order valence-electron chi connectivity index (χ3n) is 6.72. The van der Waals surface area contributed by atoms with Gasteiger partial charge in [0.2, 0.25) is 0 Å². The summed E-state index contributed by atoms with van der Waals surface area (Å²) in [6.07, 6.45) is -0.509. The van der Waals surface area contributed by atoms with Gasteiger partial charge in [-0.05, 0) is 70.1 Å². The molecule has 2 aromatic rings. The topological polar surface area (TPSA) is 93.1 Å². The number of halogens is 4. The molecule has 1 saturated carbocycles. The van der Waals surface area contributed by atoms with E-state index in [0.717, 1.165) is 6.92 Å². The predicted molar refractivity (Wildman–Crippen MR) is 135 cm³/mol. The maximum atomic E-state index is 12.9. The fourth-order valence-corrected chi connectivity index (χ4v) is 5.96. The number of aromatic nitrogens is 2. The number of hydrogen-bond donors (Lipinski definition) is 2. The van der Waals surface area contributed by atoms with Gasteiger partial charge in [0.15, 0.2) is 5.69 Å². The first-order valence-corrected chi connectivity index (χ1v) is 14.2. The highest BCUT2D eigenvalue weighted by atomic mass is 35.5. The monoisotopic (exact) mass is 548 g/mol. The Balaban J connectivity index is 1.74. The van der Waals surface area contributed by atoms with Crippen molar-refractivity contribution in [3.63, 3.8) is 0 Å². The molecule has 200 valence electrons. The zero-order valence-electron chi connectivity index (χ0n) is 20.7. The van der Waals surface area contributed by atoms with Crippen molar-refractivity contribution in [3.05, 3.63) is 34.5 Å². The molecule has 2 N–H and O–H groups in total. The molecule has 36 heavy (non-hydrogen) atoms. The molecule has 0 bridgehead atoms. The van der Waals surface area contributed by atoms with Crippen LogP contribution in [0.2, 0.25) is 5.02 Å². The van der Waals surface area contributed by atoms with E-state index in [2.05, 4.69) is 15.7 Å². The second kappa shape index (κ2) is 11.0. The van der Waals surface area contributed by atoms with Gasteiger partial charge in [-0.25, -0.2) is 8.42 Å². The summed E-state index contributed by atoms with van der Waals surface area (Å²) in [7, 11) is -3.05. The summed E-state index contributed by atoms with van der Waals surface area (Å²) in [6, 6.07) is 3.11. The van der Waals surface area contributed by atoms with Crippen LogP contribution in [-0.2, 0) is 16.4 Å². The second-order valence-electron chi connectivity index (χ2n) is 9.45. The van der Waals surface area contributed by atoms with Crippen LogP contribution in [-0.4, -0.2) is 54.4 Å². The Hall–Kier alpha value is -2.27. The summed E-state index contributed by atoms with van der Waals surface area (Å²) in [5, 5.41) is 9.56. The number of carbonyl (C=O) groups excluding carboxylic acids is 1. The molecule has 1 aliphatic rings. The van der Waals surface area contributed by atoms with Crippen molar-refractivity contribution in [2.75, 3.05) is 18.1 Å². The smallest absolute Gasteiger partial charge is 0.374 e. The predicted octanol–water partition coefficient (Wildman–Crippen LogP) is 5.23. The van der Waals surface area contributed by atoms with Gasteiger partial charge in [0.25, 0.3) is 5.91 Å². The van der Waals surface area contributed by atoms with Gasteiger partial charge < -0.3 is 10.6 Å². The number of hydrogen-bond acceptors (Lipinski definition) is 5. The fraction of sp³-hybridized carbons (Fsp3) is 0.583. The van der Waals surface area contributed by atoms with E-state index < -0.39 is 28.0 Å². The van der Waals surface area contributed by atoms with Gasteiger partial charge in [0, 0.05) is 30.6 Å². The molecule has 7 nitrogen and oxygen atoms in total. The van der Waals surface area contributed by atoms with Crippen molar-refractivity contribution < 1.29 is 26.4 Å². The normalized spacial score (nSPS) is 19.7. The highest BCUT2D eigenvalue weighted by Crippen LogP contribution is 2.35. The lowest BCUT2D eigenvalue weighted by molar-refractivity contribution is -0.138. The molecule has 1 aromatic carbocycles. The molecule has 0 spiro atoms. The summed E-state index contributed by atoms with van der Waals surface area (Å²) >= 11 is 6.61. The van der Waals surface area contributed by atoms with Gasteiger partial charge in [-0.1, -0.05) is 17.7 Å². The van der Waals surface area contributed by atoms with Gasteiger partial charge >= 0.3 is 6.18 Å². The fourth-order valence-electron chi connectivity index (χ4n) is 4.51. The number of aryl methyl sites for hydroxylation is 2. The first-order valence-electron chi connectivity index (χ1n) is 11.9. The standard InChI is InChI=1S/C24H32ClF3N4O3S/c1-5-32-22(19-11-8-17(12-14(19)2)30-15(3)24(26,27)28)20(25)21(31-32)23(33)29-13-16-6-9-18(10-7-16)36(4,34)35/h8,11-12,15-16,18,30H,5-7,9-10,13H2,1-4H3,(H,29,33). The first kappa shape index (κ1) is 28.3. The van der Waals surface area contributed by atoms with Crippen molar-refractivity contribution in [2.45, 2.75) is 70.5 Å². The molecule has 1 aliphatic carbocycles. The molecule has 1 atom stereocenters. The van der Waals surface area contributed by atoms with Crippen LogP contribution in [0.3, 0.4) is 0 Å². The zero-order valence-corrected chi connectivity index (χ0v) is 22.3. The van der Waals surface area contributed by atoms with Crippen molar-refractivity contribution in [1.29, 1.82) is 0 Å². The Morgan fingerprint density at radius 1 is 1.25 bits per heavy atom. The maximum absolute atomic E-state index is 12.9. The average molecular weight is 549 g/mol. The molecule has 1 aromatic heterocycles. The SMILES string of the molecule is CCn1nc(C(=O)NCC2CCC(S(C)(=O)=O)CC2)c(Cl)c1-c1ccc(NC(C)C(F)(F)F)cc1C. The Labute approximate surface area is 214 Å².